The molecule has 0 saturated carbocycles. The van der Waals surface area contributed by atoms with Crippen LogP contribution >= 0.6 is 11.3 Å². The SMILES string of the molecule is CCOC(=O)C1CCN(C(=O)Cn2c(C)c(C)sc2=NC(=O)c2cccc(C)c2)CC1. The minimum atomic E-state index is -0.318. The molecule has 7 nitrogen and oxygen atoms in total. The third-order valence-corrected chi connectivity index (χ3v) is 6.71. The van der Waals surface area contributed by atoms with Crippen LogP contribution in [0.5, 0.6) is 0 Å². The van der Waals surface area contributed by atoms with Gasteiger partial charge in [-0.15, -0.1) is 11.3 Å². The number of nitrogens with zero attached hydrogens (tertiary/aromatic N) is 3. The van der Waals surface area contributed by atoms with Gasteiger partial charge in [0.25, 0.3) is 5.91 Å². The maximum atomic E-state index is 13.0. The summed E-state index contributed by atoms with van der Waals surface area (Å²) in [5.74, 6) is -0.669. The predicted molar refractivity (Wildman–Crippen MR) is 119 cm³/mol. The standard InChI is InChI=1S/C23H29N3O4S/c1-5-30-22(29)18-9-11-25(12-10-18)20(27)14-26-16(3)17(4)31-23(26)24-21(28)19-8-6-7-15(2)13-19/h6-8,13,18H,5,9-12,14H2,1-4H3. The summed E-state index contributed by atoms with van der Waals surface area (Å²) in [6.45, 7) is 9.17. The molecular weight excluding hydrogens is 414 g/mol. The molecule has 3 rings (SSSR count). The van der Waals surface area contributed by atoms with Crippen LogP contribution in [0.4, 0.5) is 0 Å². The molecule has 0 spiro atoms. The number of aryl methyl sites for hydroxylation is 2. The molecule has 8 heteroatoms. The van der Waals surface area contributed by atoms with Gasteiger partial charge in [0.05, 0.1) is 12.5 Å². The zero-order valence-electron chi connectivity index (χ0n) is 18.5. The van der Waals surface area contributed by atoms with E-state index < -0.39 is 0 Å². The van der Waals surface area contributed by atoms with E-state index in [1.807, 2.05) is 43.5 Å². The first-order chi connectivity index (χ1) is 14.8. The number of amides is 2. The molecule has 0 unspecified atom stereocenters. The molecule has 166 valence electrons. The molecule has 0 bridgehead atoms. The van der Waals surface area contributed by atoms with Crippen LogP contribution in [0.1, 0.15) is 46.3 Å². The molecular formula is C23H29N3O4S. The van der Waals surface area contributed by atoms with Crippen LogP contribution in [-0.4, -0.2) is 46.9 Å². The summed E-state index contributed by atoms with van der Waals surface area (Å²) in [5.41, 5.74) is 2.45. The number of aromatic nitrogens is 1. The normalized spacial score (nSPS) is 15.2. The summed E-state index contributed by atoms with van der Waals surface area (Å²) >= 11 is 1.41. The van der Waals surface area contributed by atoms with Gasteiger partial charge in [0.15, 0.2) is 4.80 Å². The third kappa shape index (κ3) is 5.50. The van der Waals surface area contributed by atoms with E-state index in [-0.39, 0.29) is 30.2 Å². The van der Waals surface area contributed by atoms with E-state index in [0.29, 0.717) is 42.9 Å². The quantitative estimate of drug-likeness (QED) is 0.666. The van der Waals surface area contributed by atoms with E-state index >= 15 is 0 Å². The molecule has 0 radical (unpaired) electrons. The lowest BCUT2D eigenvalue weighted by atomic mass is 9.97. The average Bonchev–Trinajstić information content (AvgIpc) is 3.01. The molecule has 0 N–H and O–H groups in total. The molecule has 1 aromatic heterocycles. The van der Waals surface area contributed by atoms with E-state index in [0.717, 1.165) is 16.1 Å². The summed E-state index contributed by atoms with van der Waals surface area (Å²) in [5, 5.41) is 0. The van der Waals surface area contributed by atoms with Gasteiger partial charge in [0.2, 0.25) is 5.91 Å². The highest BCUT2D eigenvalue weighted by Gasteiger charge is 2.28. The number of carbonyl (C=O) groups is 3. The van der Waals surface area contributed by atoms with Crippen LogP contribution in [0.25, 0.3) is 0 Å². The highest BCUT2D eigenvalue weighted by Crippen LogP contribution is 2.19. The van der Waals surface area contributed by atoms with Crippen LogP contribution in [0.3, 0.4) is 0 Å². The monoisotopic (exact) mass is 443 g/mol. The van der Waals surface area contributed by atoms with Crippen molar-refractivity contribution in [2.24, 2.45) is 10.9 Å². The Kier molecular flexibility index (Phi) is 7.43. The van der Waals surface area contributed by atoms with Crippen LogP contribution in [0.15, 0.2) is 29.3 Å². The maximum Gasteiger partial charge on any atom is 0.309 e. The van der Waals surface area contributed by atoms with Crippen molar-refractivity contribution in [3.8, 4) is 0 Å². The molecule has 2 amide bonds. The smallest absolute Gasteiger partial charge is 0.309 e. The van der Waals surface area contributed by atoms with Gasteiger partial charge in [-0.1, -0.05) is 17.7 Å². The number of likely N-dealkylation sites (tertiary alicyclic amines) is 1. The number of rotatable bonds is 5. The molecule has 1 fully saturated rings. The number of piperidine rings is 1. The molecule has 31 heavy (non-hydrogen) atoms. The van der Waals surface area contributed by atoms with E-state index in [9.17, 15) is 14.4 Å². The number of thiazole rings is 1. The minimum absolute atomic E-state index is 0.0346. The highest BCUT2D eigenvalue weighted by atomic mass is 32.1. The lowest BCUT2D eigenvalue weighted by Gasteiger charge is -2.31. The predicted octanol–water partition coefficient (Wildman–Crippen LogP) is 3.02. The van der Waals surface area contributed by atoms with Gasteiger partial charge in [0, 0.05) is 29.2 Å². The van der Waals surface area contributed by atoms with E-state index in [1.165, 1.54) is 11.3 Å². The number of hydrogen-bond donors (Lipinski definition) is 0. The van der Waals surface area contributed by atoms with Crippen LogP contribution in [-0.2, 0) is 20.9 Å². The van der Waals surface area contributed by atoms with E-state index in [1.54, 1.807) is 17.9 Å². The maximum absolute atomic E-state index is 13.0. The molecule has 1 aromatic carbocycles. The van der Waals surface area contributed by atoms with Gasteiger partial charge in [-0.3, -0.25) is 14.4 Å². The van der Waals surface area contributed by atoms with Crippen molar-refractivity contribution in [1.29, 1.82) is 0 Å². The Morgan fingerprint density at radius 1 is 1.16 bits per heavy atom. The Morgan fingerprint density at radius 3 is 2.52 bits per heavy atom. The van der Waals surface area contributed by atoms with Gasteiger partial charge >= 0.3 is 5.97 Å². The Morgan fingerprint density at radius 2 is 1.87 bits per heavy atom. The summed E-state index contributed by atoms with van der Waals surface area (Å²) in [6, 6.07) is 7.32. The second-order valence-corrected chi connectivity index (χ2v) is 8.99. The first-order valence-electron chi connectivity index (χ1n) is 10.6. The van der Waals surface area contributed by atoms with Crippen molar-refractivity contribution in [3.05, 3.63) is 50.8 Å². The van der Waals surface area contributed by atoms with E-state index in [4.69, 9.17) is 4.74 Å². The van der Waals surface area contributed by atoms with Crippen molar-refractivity contribution in [2.45, 2.75) is 47.1 Å². The van der Waals surface area contributed by atoms with Crippen molar-refractivity contribution in [3.63, 3.8) is 0 Å². The fraction of sp³-hybridized carbons (Fsp3) is 0.478. The van der Waals surface area contributed by atoms with Gasteiger partial charge < -0.3 is 14.2 Å². The molecule has 1 saturated heterocycles. The Labute approximate surface area is 186 Å². The van der Waals surface area contributed by atoms with Crippen LogP contribution in [0.2, 0.25) is 0 Å². The Hall–Kier alpha value is -2.74. The minimum Gasteiger partial charge on any atom is -0.466 e. The molecule has 0 atom stereocenters. The topological polar surface area (TPSA) is 81.0 Å². The Balaban J connectivity index is 1.74. The first kappa shape index (κ1) is 22.9. The van der Waals surface area contributed by atoms with Gasteiger partial charge in [-0.2, -0.15) is 4.99 Å². The summed E-state index contributed by atoms with van der Waals surface area (Å²) in [6.07, 6.45) is 1.22. The summed E-state index contributed by atoms with van der Waals surface area (Å²) in [7, 11) is 0. The third-order valence-electron chi connectivity index (χ3n) is 5.61. The van der Waals surface area contributed by atoms with Crippen molar-refractivity contribution < 1.29 is 19.1 Å². The zero-order chi connectivity index (χ0) is 22.5. The van der Waals surface area contributed by atoms with Crippen molar-refractivity contribution >= 4 is 29.1 Å². The van der Waals surface area contributed by atoms with Crippen molar-refractivity contribution in [2.75, 3.05) is 19.7 Å². The number of hydrogen-bond acceptors (Lipinski definition) is 5. The van der Waals surface area contributed by atoms with Crippen LogP contribution in [0, 0.1) is 26.7 Å². The highest BCUT2D eigenvalue weighted by molar-refractivity contribution is 7.09. The molecule has 0 aliphatic carbocycles. The second kappa shape index (κ2) is 10.0. The molecule has 1 aliphatic rings. The summed E-state index contributed by atoms with van der Waals surface area (Å²) in [4.78, 5) is 45.2. The van der Waals surface area contributed by atoms with Gasteiger partial charge in [-0.25, -0.2) is 0 Å². The fourth-order valence-corrected chi connectivity index (χ4v) is 4.63. The first-order valence-corrected chi connectivity index (χ1v) is 11.4. The zero-order valence-corrected chi connectivity index (χ0v) is 19.3. The number of ether oxygens (including phenoxy) is 1. The largest absolute Gasteiger partial charge is 0.466 e. The number of esters is 1. The average molecular weight is 444 g/mol. The summed E-state index contributed by atoms with van der Waals surface area (Å²) < 4.78 is 6.91. The molecule has 1 aliphatic heterocycles. The Bertz CT molecular complexity index is 1050. The van der Waals surface area contributed by atoms with Gasteiger partial charge in [0.1, 0.15) is 6.54 Å². The lowest BCUT2D eigenvalue weighted by molar-refractivity contribution is -0.151. The second-order valence-electron chi connectivity index (χ2n) is 7.81. The van der Waals surface area contributed by atoms with E-state index in [2.05, 4.69) is 4.99 Å². The van der Waals surface area contributed by atoms with Crippen LogP contribution < -0.4 is 4.80 Å². The molecule has 2 aromatic rings. The van der Waals surface area contributed by atoms with Crippen molar-refractivity contribution in [1.82, 2.24) is 9.47 Å². The molecule has 2 heterocycles. The number of carbonyl (C=O) groups excluding carboxylic acids is 3. The lowest BCUT2D eigenvalue weighted by Crippen LogP contribution is -2.43. The fourth-order valence-electron chi connectivity index (χ4n) is 3.66. The van der Waals surface area contributed by atoms with Gasteiger partial charge in [-0.05, 0) is 52.7 Å². The number of benzene rings is 1.